The highest BCUT2D eigenvalue weighted by Crippen LogP contribution is 2.25. The van der Waals surface area contributed by atoms with Gasteiger partial charge in [0.25, 0.3) is 5.91 Å². The Kier molecular flexibility index (Phi) is 4.97. The summed E-state index contributed by atoms with van der Waals surface area (Å²) in [6.07, 6.45) is 1.46. The van der Waals surface area contributed by atoms with Crippen LogP contribution < -0.4 is 15.1 Å². The van der Waals surface area contributed by atoms with E-state index < -0.39 is 0 Å². The van der Waals surface area contributed by atoms with Crippen LogP contribution in [0.3, 0.4) is 0 Å². The molecule has 0 atom stereocenters. The second-order valence-corrected chi connectivity index (χ2v) is 6.90. The lowest BCUT2D eigenvalue weighted by molar-refractivity contribution is 0.0996. The molecule has 2 aromatic heterocycles. The predicted octanol–water partition coefficient (Wildman–Crippen LogP) is 3.27. The summed E-state index contributed by atoms with van der Waals surface area (Å²) in [6.45, 7) is 7.95. The minimum atomic E-state index is -0.339. The van der Waals surface area contributed by atoms with Crippen molar-refractivity contribution in [3.63, 3.8) is 0 Å². The summed E-state index contributed by atoms with van der Waals surface area (Å²) in [6, 6.07) is 13.4. The lowest BCUT2D eigenvalue weighted by Crippen LogP contribution is -2.47. The number of hydrogen-bond acceptors (Lipinski definition) is 6. The number of hydrogen-bond donors (Lipinski definition) is 1. The second-order valence-electron chi connectivity index (χ2n) is 6.90. The van der Waals surface area contributed by atoms with E-state index in [1.807, 2.05) is 6.07 Å². The molecule has 1 N–H and O–H groups in total. The smallest absolute Gasteiger partial charge is 0.292 e. The van der Waals surface area contributed by atoms with Crippen molar-refractivity contribution >= 4 is 23.2 Å². The normalized spacial score (nSPS) is 14.2. The van der Waals surface area contributed by atoms with Gasteiger partial charge in [0.2, 0.25) is 0 Å². The van der Waals surface area contributed by atoms with Crippen LogP contribution >= 0.6 is 0 Å². The third-order valence-electron chi connectivity index (χ3n) is 5.16. The summed E-state index contributed by atoms with van der Waals surface area (Å²) >= 11 is 0. The summed E-state index contributed by atoms with van der Waals surface area (Å²) in [7, 11) is 0. The maximum absolute atomic E-state index is 12.0. The first-order valence-corrected chi connectivity index (χ1v) is 9.36. The van der Waals surface area contributed by atoms with Crippen molar-refractivity contribution in [1.29, 1.82) is 0 Å². The molecule has 1 aromatic carbocycles. The maximum Gasteiger partial charge on any atom is 0.292 e. The molecule has 3 heterocycles. The van der Waals surface area contributed by atoms with Crippen LogP contribution in [0.15, 0.2) is 53.1 Å². The van der Waals surface area contributed by atoms with Crippen LogP contribution in [0.4, 0.5) is 17.3 Å². The van der Waals surface area contributed by atoms with Gasteiger partial charge in [-0.2, -0.15) is 0 Å². The van der Waals surface area contributed by atoms with Crippen molar-refractivity contribution in [3.8, 4) is 0 Å². The predicted molar refractivity (Wildman–Crippen MR) is 109 cm³/mol. The number of anilines is 3. The largest absolute Gasteiger partial charge is 0.459 e. The Labute approximate surface area is 164 Å². The molecule has 0 radical (unpaired) electrons. The second kappa shape index (κ2) is 7.72. The summed E-state index contributed by atoms with van der Waals surface area (Å²) in [5, 5.41) is 11.1. The highest BCUT2D eigenvalue weighted by molar-refractivity contribution is 6.01. The molecule has 1 amide bonds. The van der Waals surface area contributed by atoms with E-state index in [-0.39, 0.29) is 11.7 Å². The Morgan fingerprint density at radius 2 is 1.75 bits per heavy atom. The molecule has 7 heteroatoms. The third-order valence-corrected chi connectivity index (χ3v) is 5.16. The first-order chi connectivity index (χ1) is 13.6. The van der Waals surface area contributed by atoms with E-state index in [0.717, 1.165) is 32.0 Å². The molecule has 0 unspecified atom stereocenters. The zero-order valence-corrected chi connectivity index (χ0v) is 16.1. The van der Waals surface area contributed by atoms with Crippen molar-refractivity contribution in [2.24, 2.45) is 0 Å². The van der Waals surface area contributed by atoms with Gasteiger partial charge in [-0.25, -0.2) is 0 Å². The number of rotatable bonds is 4. The minimum Gasteiger partial charge on any atom is -0.459 e. The van der Waals surface area contributed by atoms with Gasteiger partial charge < -0.3 is 19.5 Å². The molecule has 1 fully saturated rings. The molecule has 1 saturated heterocycles. The van der Waals surface area contributed by atoms with Gasteiger partial charge in [0, 0.05) is 31.9 Å². The van der Waals surface area contributed by atoms with Gasteiger partial charge in [-0.15, -0.1) is 10.2 Å². The maximum atomic E-state index is 12.0. The molecular formula is C21H23N5O2. The zero-order chi connectivity index (χ0) is 19.5. The van der Waals surface area contributed by atoms with E-state index in [4.69, 9.17) is 4.42 Å². The van der Waals surface area contributed by atoms with Gasteiger partial charge in [0.15, 0.2) is 17.4 Å². The molecule has 0 bridgehead atoms. The molecule has 1 aliphatic rings. The Bertz CT molecular complexity index is 945. The molecule has 3 aromatic rings. The highest BCUT2D eigenvalue weighted by atomic mass is 16.3. The Morgan fingerprint density at radius 1 is 0.964 bits per heavy atom. The molecule has 144 valence electrons. The number of benzene rings is 1. The van der Waals surface area contributed by atoms with E-state index >= 15 is 0 Å². The molecule has 0 spiro atoms. The van der Waals surface area contributed by atoms with Crippen molar-refractivity contribution in [2.45, 2.75) is 13.8 Å². The number of nitrogens with one attached hydrogen (secondary N) is 1. The van der Waals surface area contributed by atoms with Crippen molar-refractivity contribution in [3.05, 3.63) is 65.6 Å². The van der Waals surface area contributed by atoms with Crippen LogP contribution in [-0.4, -0.2) is 42.3 Å². The number of furan rings is 1. The SMILES string of the molecule is Cc1cccc(N2CCN(c3ccc(NC(=O)c4ccco4)nn3)CC2)c1C. The average Bonchev–Trinajstić information content (AvgIpc) is 3.26. The lowest BCUT2D eigenvalue weighted by atomic mass is 10.1. The van der Waals surface area contributed by atoms with E-state index in [1.165, 1.54) is 23.1 Å². The fourth-order valence-corrected chi connectivity index (χ4v) is 3.40. The van der Waals surface area contributed by atoms with Crippen LogP contribution in [0.2, 0.25) is 0 Å². The van der Waals surface area contributed by atoms with Gasteiger partial charge in [-0.05, 0) is 55.3 Å². The number of nitrogens with zero attached hydrogens (tertiary/aromatic N) is 4. The summed E-state index contributed by atoms with van der Waals surface area (Å²) in [5.74, 6) is 1.12. The topological polar surface area (TPSA) is 74.5 Å². The molecule has 0 aliphatic carbocycles. The zero-order valence-electron chi connectivity index (χ0n) is 16.1. The molecule has 0 saturated carbocycles. The van der Waals surface area contributed by atoms with Crippen LogP contribution in [0.25, 0.3) is 0 Å². The Hall–Kier alpha value is -3.35. The quantitative estimate of drug-likeness (QED) is 0.752. The first-order valence-electron chi connectivity index (χ1n) is 9.36. The molecule has 7 nitrogen and oxygen atoms in total. The number of piperazine rings is 1. The standard InChI is InChI=1S/C21H23N5O2/c1-15-5-3-6-17(16(15)2)25-10-12-26(13-11-25)20-9-8-19(23-24-20)22-21(27)18-7-4-14-28-18/h3-9,14H,10-13H2,1-2H3,(H,22,23,27). The summed E-state index contributed by atoms with van der Waals surface area (Å²) in [4.78, 5) is 16.6. The molecule has 1 aliphatic heterocycles. The van der Waals surface area contributed by atoms with Gasteiger partial charge >= 0.3 is 0 Å². The Balaban J connectivity index is 1.37. The fourth-order valence-electron chi connectivity index (χ4n) is 3.40. The van der Waals surface area contributed by atoms with Gasteiger partial charge in [-0.1, -0.05) is 12.1 Å². The minimum absolute atomic E-state index is 0.244. The monoisotopic (exact) mass is 377 g/mol. The molecule has 4 rings (SSSR count). The molecular weight excluding hydrogens is 354 g/mol. The van der Waals surface area contributed by atoms with Crippen LogP contribution in [-0.2, 0) is 0 Å². The first kappa shape index (κ1) is 18.0. The number of aromatic nitrogens is 2. The average molecular weight is 377 g/mol. The Morgan fingerprint density at radius 3 is 2.43 bits per heavy atom. The third kappa shape index (κ3) is 3.69. The lowest BCUT2D eigenvalue weighted by Gasteiger charge is -2.37. The number of aryl methyl sites for hydroxylation is 1. The molecule has 28 heavy (non-hydrogen) atoms. The summed E-state index contributed by atoms with van der Waals surface area (Å²) < 4.78 is 5.08. The van der Waals surface area contributed by atoms with E-state index in [9.17, 15) is 4.79 Å². The van der Waals surface area contributed by atoms with E-state index in [0.29, 0.717) is 5.82 Å². The van der Waals surface area contributed by atoms with Gasteiger partial charge in [-0.3, -0.25) is 4.79 Å². The van der Waals surface area contributed by atoms with Crippen molar-refractivity contribution in [2.75, 3.05) is 41.3 Å². The number of carbonyl (C=O) groups excluding carboxylic acids is 1. The summed E-state index contributed by atoms with van der Waals surface area (Å²) in [5.41, 5.74) is 3.96. The van der Waals surface area contributed by atoms with E-state index in [2.05, 4.69) is 57.4 Å². The number of carbonyl (C=O) groups is 1. The van der Waals surface area contributed by atoms with Crippen LogP contribution in [0, 0.1) is 13.8 Å². The fraction of sp³-hybridized carbons (Fsp3) is 0.286. The van der Waals surface area contributed by atoms with Crippen molar-refractivity contribution < 1.29 is 9.21 Å². The number of amides is 1. The van der Waals surface area contributed by atoms with E-state index in [1.54, 1.807) is 18.2 Å². The van der Waals surface area contributed by atoms with Crippen molar-refractivity contribution in [1.82, 2.24) is 10.2 Å². The van der Waals surface area contributed by atoms with Crippen LogP contribution in [0.1, 0.15) is 21.7 Å². The highest BCUT2D eigenvalue weighted by Gasteiger charge is 2.20. The van der Waals surface area contributed by atoms with Gasteiger partial charge in [0.1, 0.15) is 0 Å². The van der Waals surface area contributed by atoms with Crippen LogP contribution in [0.5, 0.6) is 0 Å². The van der Waals surface area contributed by atoms with Gasteiger partial charge in [0.05, 0.1) is 6.26 Å².